The Labute approximate surface area is 118 Å². The van der Waals surface area contributed by atoms with E-state index in [2.05, 4.69) is 21.2 Å². The lowest BCUT2D eigenvalue weighted by atomic mass is 10.2. The molecule has 2 rings (SSSR count). The quantitative estimate of drug-likeness (QED) is 0.893. The van der Waals surface area contributed by atoms with Gasteiger partial charge in [0.2, 0.25) is 0 Å². The number of anilines is 1. The van der Waals surface area contributed by atoms with Crippen LogP contribution in [0.5, 0.6) is 0 Å². The normalized spacial score (nSPS) is 23.1. The molecule has 2 unspecified atom stereocenters. The van der Waals surface area contributed by atoms with Crippen LogP contribution in [0.25, 0.3) is 0 Å². The van der Waals surface area contributed by atoms with Gasteiger partial charge in [0.05, 0.1) is 16.8 Å². The molecule has 2 atom stereocenters. The number of nitrogens with one attached hydrogen (secondary N) is 1. The van der Waals surface area contributed by atoms with Crippen LogP contribution in [0.4, 0.5) is 10.1 Å². The van der Waals surface area contributed by atoms with Crippen molar-refractivity contribution in [3.63, 3.8) is 0 Å². The monoisotopic (exact) mass is 335 g/mol. The highest BCUT2D eigenvalue weighted by atomic mass is 79.9. The molecule has 1 aromatic carbocycles. The molecule has 0 aromatic heterocycles. The fraction of sp³-hybridized carbons (Fsp3) is 0.417. The summed E-state index contributed by atoms with van der Waals surface area (Å²) in [6, 6.07) is 2.40. The highest BCUT2D eigenvalue weighted by Crippen LogP contribution is 2.32. The third kappa shape index (κ3) is 3.02. The van der Waals surface area contributed by atoms with Gasteiger partial charge in [-0.05, 0) is 47.8 Å². The smallest absolute Gasteiger partial charge is 0.253 e. The lowest BCUT2D eigenvalue weighted by Crippen LogP contribution is -2.28. The highest BCUT2D eigenvalue weighted by Gasteiger charge is 2.28. The zero-order valence-electron chi connectivity index (χ0n) is 9.67. The summed E-state index contributed by atoms with van der Waals surface area (Å²) in [6.07, 6.45) is 1.17. The topological polar surface area (TPSA) is 38.3 Å². The Hall–Kier alpha value is -0.650. The standard InChI is InChI=1S/C12H12BrClFNO2/c1-6-2-3-10(18-6)12(17)16-11-8(13)4-7(15)5-9(11)14/h4-6,10H,2-3H2,1H3,(H,16,17). The Morgan fingerprint density at radius 3 is 2.83 bits per heavy atom. The van der Waals surface area contributed by atoms with E-state index < -0.39 is 11.9 Å². The molecule has 1 N–H and O–H groups in total. The van der Waals surface area contributed by atoms with Crippen molar-refractivity contribution in [2.24, 2.45) is 0 Å². The van der Waals surface area contributed by atoms with Crippen molar-refractivity contribution in [3.8, 4) is 0 Å². The zero-order chi connectivity index (χ0) is 13.3. The molecule has 1 saturated heterocycles. The largest absolute Gasteiger partial charge is 0.365 e. The molecule has 0 spiro atoms. The maximum atomic E-state index is 13.0. The van der Waals surface area contributed by atoms with Crippen LogP contribution in [0.1, 0.15) is 19.8 Å². The summed E-state index contributed by atoms with van der Waals surface area (Å²) >= 11 is 9.06. The van der Waals surface area contributed by atoms with Crippen LogP contribution in [0, 0.1) is 5.82 Å². The van der Waals surface area contributed by atoms with Crippen LogP contribution in [0.3, 0.4) is 0 Å². The first-order chi connectivity index (χ1) is 8.47. The molecule has 98 valence electrons. The number of hydrogen-bond donors (Lipinski definition) is 1. The van der Waals surface area contributed by atoms with E-state index in [4.69, 9.17) is 16.3 Å². The maximum Gasteiger partial charge on any atom is 0.253 e. The Bertz CT molecular complexity index is 460. The van der Waals surface area contributed by atoms with E-state index in [1.807, 2.05) is 6.92 Å². The molecule has 1 aliphatic rings. The van der Waals surface area contributed by atoms with Gasteiger partial charge in [0.15, 0.2) is 0 Å². The van der Waals surface area contributed by atoms with Gasteiger partial charge in [-0.2, -0.15) is 0 Å². The van der Waals surface area contributed by atoms with Crippen LogP contribution in [0.15, 0.2) is 16.6 Å². The van der Waals surface area contributed by atoms with Crippen molar-refractivity contribution >= 4 is 39.1 Å². The van der Waals surface area contributed by atoms with Gasteiger partial charge in [0, 0.05) is 4.47 Å². The van der Waals surface area contributed by atoms with E-state index in [0.29, 0.717) is 16.6 Å². The highest BCUT2D eigenvalue weighted by molar-refractivity contribution is 9.10. The molecule has 1 heterocycles. The molecule has 0 radical (unpaired) electrons. The first kappa shape index (κ1) is 13.8. The van der Waals surface area contributed by atoms with Crippen molar-refractivity contribution in [3.05, 3.63) is 27.4 Å². The fourth-order valence-electron chi connectivity index (χ4n) is 1.86. The Kier molecular flexibility index (Phi) is 4.25. The number of ether oxygens (including phenoxy) is 1. The van der Waals surface area contributed by atoms with Crippen LogP contribution < -0.4 is 5.32 Å². The Morgan fingerprint density at radius 1 is 1.56 bits per heavy atom. The predicted molar refractivity (Wildman–Crippen MR) is 71.3 cm³/mol. The zero-order valence-corrected chi connectivity index (χ0v) is 12.0. The summed E-state index contributed by atoms with van der Waals surface area (Å²) in [5, 5.41) is 2.81. The van der Waals surface area contributed by atoms with E-state index in [-0.39, 0.29) is 17.0 Å². The van der Waals surface area contributed by atoms with Gasteiger partial charge in [-0.25, -0.2) is 4.39 Å². The van der Waals surface area contributed by atoms with Gasteiger partial charge < -0.3 is 10.1 Å². The van der Waals surface area contributed by atoms with Gasteiger partial charge in [-0.3, -0.25) is 4.79 Å². The number of rotatable bonds is 2. The van der Waals surface area contributed by atoms with E-state index in [9.17, 15) is 9.18 Å². The van der Waals surface area contributed by atoms with Gasteiger partial charge in [-0.1, -0.05) is 11.6 Å². The first-order valence-electron chi connectivity index (χ1n) is 5.58. The van der Waals surface area contributed by atoms with Crippen LogP contribution >= 0.6 is 27.5 Å². The molecule has 1 aromatic rings. The summed E-state index contributed by atoms with van der Waals surface area (Å²) in [5.41, 5.74) is 0.367. The van der Waals surface area contributed by atoms with Crippen molar-refractivity contribution in [1.29, 1.82) is 0 Å². The van der Waals surface area contributed by atoms with Crippen LogP contribution in [-0.2, 0) is 9.53 Å². The van der Waals surface area contributed by atoms with Crippen molar-refractivity contribution in [2.45, 2.75) is 32.0 Å². The average Bonchev–Trinajstić information content (AvgIpc) is 2.70. The molecule has 18 heavy (non-hydrogen) atoms. The summed E-state index contributed by atoms with van der Waals surface area (Å²) in [7, 11) is 0. The third-order valence-electron chi connectivity index (χ3n) is 2.78. The van der Waals surface area contributed by atoms with E-state index in [1.165, 1.54) is 6.07 Å². The molecular formula is C12H12BrClFNO2. The number of carbonyl (C=O) groups excluding carboxylic acids is 1. The summed E-state index contributed by atoms with van der Waals surface area (Å²) in [5.74, 6) is -0.718. The molecule has 1 aliphatic heterocycles. The minimum Gasteiger partial charge on any atom is -0.365 e. The van der Waals surface area contributed by atoms with Crippen LogP contribution in [0.2, 0.25) is 5.02 Å². The molecule has 6 heteroatoms. The molecule has 3 nitrogen and oxygen atoms in total. The summed E-state index contributed by atoms with van der Waals surface area (Å²) in [4.78, 5) is 11.9. The maximum absolute atomic E-state index is 13.0. The number of benzene rings is 1. The van der Waals surface area contributed by atoms with Crippen molar-refractivity contribution < 1.29 is 13.9 Å². The van der Waals surface area contributed by atoms with Gasteiger partial charge in [-0.15, -0.1) is 0 Å². The number of carbonyl (C=O) groups is 1. The lowest BCUT2D eigenvalue weighted by Gasteiger charge is -2.14. The summed E-state index contributed by atoms with van der Waals surface area (Å²) < 4.78 is 18.9. The second kappa shape index (κ2) is 5.55. The molecular weight excluding hydrogens is 324 g/mol. The molecule has 0 aliphatic carbocycles. The molecule has 1 fully saturated rings. The van der Waals surface area contributed by atoms with Gasteiger partial charge in [0.25, 0.3) is 5.91 Å². The predicted octanol–water partition coefficient (Wildman–Crippen LogP) is 3.75. The number of amides is 1. The second-order valence-electron chi connectivity index (χ2n) is 4.25. The summed E-state index contributed by atoms with van der Waals surface area (Å²) in [6.45, 7) is 1.92. The molecule has 0 saturated carbocycles. The fourth-order valence-corrected chi connectivity index (χ4v) is 2.76. The Balaban J connectivity index is 2.12. The number of hydrogen-bond acceptors (Lipinski definition) is 2. The van der Waals surface area contributed by atoms with Crippen molar-refractivity contribution in [1.82, 2.24) is 0 Å². The van der Waals surface area contributed by atoms with E-state index >= 15 is 0 Å². The molecule has 1 amide bonds. The minimum absolute atomic E-state index is 0.0906. The third-order valence-corrected chi connectivity index (χ3v) is 3.70. The first-order valence-corrected chi connectivity index (χ1v) is 6.75. The van der Waals surface area contributed by atoms with Gasteiger partial charge >= 0.3 is 0 Å². The van der Waals surface area contributed by atoms with E-state index in [0.717, 1.165) is 12.5 Å². The lowest BCUT2D eigenvalue weighted by molar-refractivity contribution is -0.126. The van der Waals surface area contributed by atoms with E-state index in [1.54, 1.807) is 0 Å². The average molecular weight is 337 g/mol. The van der Waals surface area contributed by atoms with Gasteiger partial charge in [0.1, 0.15) is 11.9 Å². The Morgan fingerprint density at radius 2 is 2.28 bits per heavy atom. The molecule has 0 bridgehead atoms. The SMILES string of the molecule is CC1CCC(C(=O)Nc2c(Cl)cc(F)cc2Br)O1. The minimum atomic E-state index is -0.465. The number of halogens is 3. The van der Waals surface area contributed by atoms with Crippen molar-refractivity contribution in [2.75, 3.05) is 5.32 Å². The van der Waals surface area contributed by atoms with Crippen LogP contribution in [-0.4, -0.2) is 18.1 Å². The second-order valence-corrected chi connectivity index (χ2v) is 5.51.